The van der Waals surface area contributed by atoms with Crippen LogP contribution in [0.3, 0.4) is 0 Å². The van der Waals surface area contributed by atoms with Crippen LogP contribution in [0.4, 0.5) is 5.82 Å². The molecule has 1 unspecified atom stereocenters. The van der Waals surface area contributed by atoms with Crippen LogP contribution in [0.2, 0.25) is 0 Å². The topological polar surface area (TPSA) is 65.4 Å². The maximum atomic E-state index is 8.87. The van der Waals surface area contributed by atoms with Crippen molar-refractivity contribution in [1.82, 2.24) is 4.98 Å². The minimum absolute atomic E-state index is 0.378. The van der Waals surface area contributed by atoms with E-state index in [2.05, 4.69) is 26.2 Å². The van der Waals surface area contributed by atoms with Crippen molar-refractivity contribution in [3.63, 3.8) is 0 Å². The van der Waals surface area contributed by atoms with Crippen molar-refractivity contribution >= 4 is 30.1 Å². The van der Waals surface area contributed by atoms with Crippen LogP contribution in [-0.4, -0.2) is 20.6 Å². The number of nitrogens with one attached hydrogen (secondary N) is 1. The molecule has 0 aromatic carbocycles. The standard InChI is InChI=1S/C7H10BrN2O2P/c1-5(13(11)12)10-7-4-6(8)2-3-9-7/h2-5,11-12H,1H3,(H,9,10). The number of rotatable bonds is 3. The van der Waals surface area contributed by atoms with Crippen molar-refractivity contribution < 1.29 is 9.79 Å². The van der Waals surface area contributed by atoms with Crippen LogP contribution < -0.4 is 5.32 Å². The lowest BCUT2D eigenvalue weighted by Gasteiger charge is -2.14. The Balaban J connectivity index is 2.64. The Hall–Kier alpha value is -0.220. The minimum Gasteiger partial charge on any atom is -0.359 e. The molecule has 1 heterocycles. The SMILES string of the molecule is CC(Nc1cc(Br)ccn1)P(O)O. The Bertz CT molecular complexity index is 285. The van der Waals surface area contributed by atoms with Gasteiger partial charge in [-0.05, 0) is 19.1 Å². The number of halogens is 1. The molecule has 1 aromatic heterocycles. The van der Waals surface area contributed by atoms with Crippen LogP contribution in [-0.2, 0) is 0 Å². The second-order valence-corrected chi connectivity index (χ2v) is 4.83. The Labute approximate surface area is 86.1 Å². The molecule has 0 radical (unpaired) electrons. The molecule has 1 atom stereocenters. The molecule has 1 rings (SSSR count). The fraction of sp³-hybridized carbons (Fsp3) is 0.286. The van der Waals surface area contributed by atoms with E-state index < -0.39 is 8.38 Å². The van der Waals surface area contributed by atoms with Gasteiger partial charge in [-0.3, -0.25) is 0 Å². The van der Waals surface area contributed by atoms with E-state index in [4.69, 9.17) is 9.79 Å². The highest BCUT2D eigenvalue weighted by molar-refractivity contribution is 9.10. The molecule has 6 heteroatoms. The fourth-order valence-corrected chi connectivity index (χ4v) is 1.34. The van der Waals surface area contributed by atoms with E-state index in [0.717, 1.165) is 4.47 Å². The smallest absolute Gasteiger partial charge is 0.188 e. The number of aromatic nitrogens is 1. The second-order valence-electron chi connectivity index (χ2n) is 2.50. The minimum atomic E-state index is -1.96. The highest BCUT2D eigenvalue weighted by atomic mass is 79.9. The lowest BCUT2D eigenvalue weighted by Crippen LogP contribution is -2.13. The summed E-state index contributed by atoms with van der Waals surface area (Å²) in [5, 5.41) is 2.87. The van der Waals surface area contributed by atoms with Crippen LogP contribution >= 0.6 is 24.3 Å². The van der Waals surface area contributed by atoms with E-state index in [1.165, 1.54) is 0 Å². The Kier molecular flexibility index (Phi) is 4.06. The molecular formula is C7H10BrN2O2P. The number of hydrogen-bond acceptors (Lipinski definition) is 4. The van der Waals surface area contributed by atoms with E-state index in [0.29, 0.717) is 5.82 Å². The van der Waals surface area contributed by atoms with Crippen molar-refractivity contribution in [3.05, 3.63) is 22.8 Å². The van der Waals surface area contributed by atoms with Gasteiger partial charge < -0.3 is 15.1 Å². The van der Waals surface area contributed by atoms with Gasteiger partial charge in [0.25, 0.3) is 0 Å². The van der Waals surface area contributed by atoms with E-state index in [1.807, 2.05) is 0 Å². The summed E-state index contributed by atoms with van der Waals surface area (Å²) in [6.07, 6.45) is 1.64. The predicted octanol–water partition coefficient (Wildman–Crippen LogP) is 1.90. The molecule has 0 saturated carbocycles. The van der Waals surface area contributed by atoms with Crippen molar-refractivity contribution in [2.75, 3.05) is 5.32 Å². The molecule has 3 N–H and O–H groups in total. The lowest BCUT2D eigenvalue weighted by atomic mass is 10.4. The average molecular weight is 265 g/mol. The second kappa shape index (κ2) is 4.86. The van der Waals surface area contributed by atoms with Crippen LogP contribution in [0.1, 0.15) is 6.92 Å². The molecule has 0 spiro atoms. The van der Waals surface area contributed by atoms with E-state index in [1.54, 1.807) is 25.3 Å². The van der Waals surface area contributed by atoms with Gasteiger partial charge in [-0.15, -0.1) is 0 Å². The lowest BCUT2D eigenvalue weighted by molar-refractivity contribution is 0.473. The van der Waals surface area contributed by atoms with E-state index in [9.17, 15) is 0 Å². The van der Waals surface area contributed by atoms with Gasteiger partial charge in [0.15, 0.2) is 8.38 Å². The quantitative estimate of drug-likeness (QED) is 0.730. The largest absolute Gasteiger partial charge is 0.359 e. The van der Waals surface area contributed by atoms with Gasteiger partial charge in [0.1, 0.15) is 5.82 Å². The van der Waals surface area contributed by atoms with Crippen molar-refractivity contribution in [1.29, 1.82) is 0 Å². The fourth-order valence-electron chi connectivity index (χ4n) is 0.755. The predicted molar refractivity (Wildman–Crippen MR) is 56.4 cm³/mol. The molecule has 72 valence electrons. The zero-order valence-corrected chi connectivity index (χ0v) is 9.46. The highest BCUT2D eigenvalue weighted by Crippen LogP contribution is 2.30. The number of hydrogen-bond donors (Lipinski definition) is 3. The Morgan fingerprint density at radius 2 is 2.31 bits per heavy atom. The van der Waals surface area contributed by atoms with Gasteiger partial charge in [0, 0.05) is 10.7 Å². The maximum Gasteiger partial charge on any atom is 0.188 e. The molecule has 0 aliphatic carbocycles. The first-order chi connectivity index (χ1) is 6.09. The third kappa shape index (κ3) is 3.56. The Morgan fingerprint density at radius 1 is 1.62 bits per heavy atom. The average Bonchev–Trinajstić information content (AvgIpc) is 2.04. The molecule has 1 aromatic rings. The summed E-state index contributed by atoms with van der Waals surface area (Å²) in [6, 6.07) is 3.58. The van der Waals surface area contributed by atoms with E-state index in [-0.39, 0.29) is 5.78 Å². The first kappa shape index (κ1) is 10.9. The van der Waals surface area contributed by atoms with Crippen molar-refractivity contribution in [2.24, 2.45) is 0 Å². The van der Waals surface area contributed by atoms with Gasteiger partial charge in [-0.2, -0.15) is 0 Å². The third-order valence-corrected chi connectivity index (χ3v) is 2.74. The van der Waals surface area contributed by atoms with Gasteiger partial charge >= 0.3 is 0 Å². The third-order valence-electron chi connectivity index (χ3n) is 1.43. The van der Waals surface area contributed by atoms with Crippen molar-refractivity contribution in [3.8, 4) is 0 Å². The van der Waals surface area contributed by atoms with Crippen LogP contribution in [0.15, 0.2) is 22.8 Å². The van der Waals surface area contributed by atoms with Gasteiger partial charge in [-0.25, -0.2) is 4.98 Å². The highest BCUT2D eigenvalue weighted by Gasteiger charge is 2.11. The first-order valence-corrected chi connectivity index (χ1v) is 5.75. The summed E-state index contributed by atoms with van der Waals surface area (Å²) in [5.41, 5.74) is 0. The number of nitrogens with zero attached hydrogens (tertiary/aromatic N) is 1. The molecule has 0 saturated heterocycles. The molecular weight excluding hydrogens is 255 g/mol. The molecule has 0 fully saturated rings. The molecule has 13 heavy (non-hydrogen) atoms. The Morgan fingerprint density at radius 3 is 2.85 bits per heavy atom. The summed E-state index contributed by atoms with van der Waals surface area (Å²) in [7, 11) is -1.96. The van der Waals surface area contributed by atoms with Crippen LogP contribution in [0, 0.1) is 0 Å². The molecule has 0 bridgehead atoms. The number of pyridine rings is 1. The van der Waals surface area contributed by atoms with Gasteiger partial charge in [0.2, 0.25) is 0 Å². The summed E-state index contributed by atoms with van der Waals surface area (Å²) < 4.78 is 0.900. The molecule has 0 aliphatic rings. The molecule has 4 nitrogen and oxygen atoms in total. The first-order valence-electron chi connectivity index (χ1n) is 3.64. The maximum absolute atomic E-state index is 8.87. The summed E-state index contributed by atoms with van der Waals surface area (Å²) in [5.74, 6) is 0.245. The van der Waals surface area contributed by atoms with Crippen LogP contribution in [0.5, 0.6) is 0 Å². The molecule has 0 amide bonds. The van der Waals surface area contributed by atoms with Crippen LogP contribution in [0.25, 0.3) is 0 Å². The zero-order valence-electron chi connectivity index (χ0n) is 6.98. The van der Waals surface area contributed by atoms with E-state index >= 15 is 0 Å². The monoisotopic (exact) mass is 264 g/mol. The van der Waals surface area contributed by atoms with Gasteiger partial charge in [0.05, 0.1) is 5.78 Å². The summed E-state index contributed by atoms with van der Waals surface area (Å²) in [4.78, 5) is 21.7. The number of anilines is 1. The van der Waals surface area contributed by atoms with Crippen molar-refractivity contribution in [2.45, 2.75) is 12.7 Å². The summed E-state index contributed by atoms with van der Waals surface area (Å²) >= 11 is 3.29. The molecule has 0 aliphatic heterocycles. The normalized spacial score (nSPS) is 13.0. The van der Waals surface area contributed by atoms with Gasteiger partial charge in [-0.1, -0.05) is 15.9 Å². The summed E-state index contributed by atoms with van der Waals surface area (Å²) in [6.45, 7) is 1.69. The zero-order chi connectivity index (χ0) is 9.84.